The van der Waals surface area contributed by atoms with Crippen LogP contribution in [0, 0.1) is 5.92 Å². The standard InChI is InChI=1S/C10H22O2/c1-6-10(11,8(2)3)7-12-9(4)5/h8-9,11H,6-7H2,1-5H3. The molecule has 0 spiro atoms. The summed E-state index contributed by atoms with van der Waals surface area (Å²) in [7, 11) is 0. The molecule has 0 saturated carbocycles. The molecule has 0 bridgehead atoms. The van der Waals surface area contributed by atoms with Crippen LogP contribution in [0.1, 0.15) is 41.0 Å². The average Bonchev–Trinajstić information content (AvgIpc) is 1.99. The number of aliphatic hydroxyl groups is 1. The van der Waals surface area contributed by atoms with Gasteiger partial charge in [0.05, 0.1) is 18.3 Å². The zero-order chi connectivity index (χ0) is 9.78. The van der Waals surface area contributed by atoms with Crippen LogP contribution < -0.4 is 0 Å². The first kappa shape index (κ1) is 11.9. The van der Waals surface area contributed by atoms with Gasteiger partial charge in [0.1, 0.15) is 0 Å². The van der Waals surface area contributed by atoms with E-state index in [2.05, 4.69) is 0 Å². The van der Waals surface area contributed by atoms with E-state index in [0.717, 1.165) is 6.42 Å². The third-order valence-corrected chi connectivity index (χ3v) is 2.35. The van der Waals surface area contributed by atoms with Gasteiger partial charge in [-0.25, -0.2) is 0 Å². The Morgan fingerprint density at radius 3 is 2.00 bits per heavy atom. The second kappa shape index (κ2) is 4.83. The van der Waals surface area contributed by atoms with E-state index in [0.29, 0.717) is 6.61 Å². The van der Waals surface area contributed by atoms with Crippen molar-refractivity contribution < 1.29 is 9.84 Å². The first-order valence-corrected chi connectivity index (χ1v) is 4.76. The smallest absolute Gasteiger partial charge is 0.0900 e. The number of hydrogen-bond donors (Lipinski definition) is 1. The molecular formula is C10H22O2. The highest BCUT2D eigenvalue weighted by molar-refractivity contribution is 4.80. The molecule has 0 amide bonds. The summed E-state index contributed by atoms with van der Waals surface area (Å²) in [5, 5.41) is 10.0. The molecule has 0 fully saturated rings. The Morgan fingerprint density at radius 1 is 1.25 bits per heavy atom. The van der Waals surface area contributed by atoms with Gasteiger partial charge in [0.2, 0.25) is 0 Å². The molecule has 1 unspecified atom stereocenters. The van der Waals surface area contributed by atoms with Crippen LogP contribution in [0.2, 0.25) is 0 Å². The molecule has 1 atom stereocenters. The van der Waals surface area contributed by atoms with E-state index in [9.17, 15) is 5.11 Å². The largest absolute Gasteiger partial charge is 0.387 e. The number of ether oxygens (including phenoxy) is 1. The maximum Gasteiger partial charge on any atom is 0.0900 e. The van der Waals surface area contributed by atoms with E-state index >= 15 is 0 Å². The molecule has 0 radical (unpaired) electrons. The Hall–Kier alpha value is -0.0800. The zero-order valence-electron chi connectivity index (χ0n) is 8.92. The van der Waals surface area contributed by atoms with Crippen LogP contribution in [0.5, 0.6) is 0 Å². The Morgan fingerprint density at radius 2 is 1.75 bits per heavy atom. The van der Waals surface area contributed by atoms with E-state index in [1.807, 2.05) is 34.6 Å². The predicted molar refractivity (Wildman–Crippen MR) is 51.2 cm³/mol. The topological polar surface area (TPSA) is 29.5 Å². The Bertz CT molecular complexity index is 121. The molecule has 0 saturated heterocycles. The van der Waals surface area contributed by atoms with E-state index < -0.39 is 5.60 Å². The fourth-order valence-electron chi connectivity index (χ4n) is 0.988. The molecule has 0 heterocycles. The summed E-state index contributed by atoms with van der Waals surface area (Å²) in [6.07, 6.45) is 0.944. The lowest BCUT2D eigenvalue weighted by Gasteiger charge is -2.31. The zero-order valence-corrected chi connectivity index (χ0v) is 8.92. The van der Waals surface area contributed by atoms with Crippen molar-refractivity contribution in [1.82, 2.24) is 0 Å². The van der Waals surface area contributed by atoms with Gasteiger partial charge < -0.3 is 9.84 Å². The highest BCUT2D eigenvalue weighted by atomic mass is 16.5. The summed E-state index contributed by atoms with van der Waals surface area (Å²) in [4.78, 5) is 0. The summed E-state index contributed by atoms with van der Waals surface area (Å²) in [5.41, 5.74) is -0.649. The SMILES string of the molecule is CCC(O)(COC(C)C)C(C)C. The van der Waals surface area contributed by atoms with Crippen molar-refractivity contribution in [2.45, 2.75) is 52.7 Å². The fourth-order valence-corrected chi connectivity index (χ4v) is 0.988. The van der Waals surface area contributed by atoms with Crippen molar-refractivity contribution in [3.05, 3.63) is 0 Å². The van der Waals surface area contributed by atoms with Crippen LogP contribution in [0.4, 0.5) is 0 Å². The van der Waals surface area contributed by atoms with Crippen molar-refractivity contribution >= 4 is 0 Å². The van der Waals surface area contributed by atoms with Crippen LogP contribution in [0.15, 0.2) is 0 Å². The minimum Gasteiger partial charge on any atom is -0.387 e. The highest BCUT2D eigenvalue weighted by Gasteiger charge is 2.29. The second-order valence-corrected chi connectivity index (χ2v) is 3.97. The number of rotatable bonds is 5. The Labute approximate surface area is 75.9 Å². The summed E-state index contributed by atoms with van der Waals surface area (Å²) in [5.74, 6) is 0.251. The van der Waals surface area contributed by atoms with Gasteiger partial charge in [-0.15, -0.1) is 0 Å². The van der Waals surface area contributed by atoms with Gasteiger partial charge >= 0.3 is 0 Å². The molecule has 2 heteroatoms. The maximum absolute atomic E-state index is 10.0. The highest BCUT2D eigenvalue weighted by Crippen LogP contribution is 2.21. The van der Waals surface area contributed by atoms with Crippen molar-refractivity contribution in [1.29, 1.82) is 0 Å². The lowest BCUT2D eigenvalue weighted by Crippen LogP contribution is -2.40. The third-order valence-electron chi connectivity index (χ3n) is 2.35. The van der Waals surface area contributed by atoms with Gasteiger partial charge in [0, 0.05) is 0 Å². The molecule has 0 aliphatic rings. The molecule has 0 aliphatic carbocycles. The molecule has 74 valence electrons. The van der Waals surface area contributed by atoms with Gasteiger partial charge in [-0.2, -0.15) is 0 Å². The van der Waals surface area contributed by atoms with Crippen molar-refractivity contribution in [3.63, 3.8) is 0 Å². The lowest BCUT2D eigenvalue weighted by atomic mass is 9.89. The van der Waals surface area contributed by atoms with Gasteiger partial charge in [-0.05, 0) is 26.2 Å². The van der Waals surface area contributed by atoms with Gasteiger partial charge in [0.15, 0.2) is 0 Å². The van der Waals surface area contributed by atoms with Gasteiger partial charge in [0.25, 0.3) is 0 Å². The van der Waals surface area contributed by atoms with E-state index in [1.165, 1.54) is 0 Å². The molecular weight excluding hydrogens is 152 g/mol. The number of hydrogen-bond acceptors (Lipinski definition) is 2. The van der Waals surface area contributed by atoms with Crippen molar-refractivity contribution in [3.8, 4) is 0 Å². The van der Waals surface area contributed by atoms with Crippen LogP contribution in [-0.4, -0.2) is 23.4 Å². The maximum atomic E-state index is 10.0. The molecule has 2 nitrogen and oxygen atoms in total. The van der Waals surface area contributed by atoms with Crippen molar-refractivity contribution in [2.24, 2.45) is 5.92 Å². The molecule has 0 aromatic rings. The average molecular weight is 174 g/mol. The van der Waals surface area contributed by atoms with Gasteiger partial charge in [-0.1, -0.05) is 20.8 Å². The quantitative estimate of drug-likeness (QED) is 0.692. The van der Waals surface area contributed by atoms with E-state index in [1.54, 1.807) is 0 Å². The molecule has 1 N–H and O–H groups in total. The van der Waals surface area contributed by atoms with Crippen LogP contribution >= 0.6 is 0 Å². The Balaban J connectivity index is 3.97. The summed E-state index contributed by atoms with van der Waals surface area (Å²) >= 11 is 0. The molecule has 12 heavy (non-hydrogen) atoms. The van der Waals surface area contributed by atoms with Crippen LogP contribution in [0.25, 0.3) is 0 Å². The summed E-state index contributed by atoms with van der Waals surface area (Å²) < 4.78 is 5.41. The Kier molecular flexibility index (Phi) is 4.80. The first-order valence-electron chi connectivity index (χ1n) is 4.76. The molecule has 0 aromatic heterocycles. The van der Waals surface area contributed by atoms with E-state index in [-0.39, 0.29) is 12.0 Å². The normalized spacial score (nSPS) is 17.0. The summed E-state index contributed by atoms with van der Waals surface area (Å²) in [6.45, 7) is 10.4. The van der Waals surface area contributed by atoms with Crippen LogP contribution in [0.3, 0.4) is 0 Å². The molecule has 0 rings (SSSR count). The molecule has 0 aliphatic heterocycles. The molecule has 0 aromatic carbocycles. The van der Waals surface area contributed by atoms with Crippen LogP contribution in [-0.2, 0) is 4.74 Å². The van der Waals surface area contributed by atoms with E-state index in [4.69, 9.17) is 4.74 Å². The first-order chi connectivity index (χ1) is 5.42. The minimum atomic E-state index is -0.649. The van der Waals surface area contributed by atoms with Gasteiger partial charge in [-0.3, -0.25) is 0 Å². The lowest BCUT2D eigenvalue weighted by molar-refractivity contribution is -0.0928. The second-order valence-electron chi connectivity index (χ2n) is 3.97. The van der Waals surface area contributed by atoms with Crippen molar-refractivity contribution in [2.75, 3.05) is 6.61 Å². The minimum absolute atomic E-state index is 0.196. The summed E-state index contributed by atoms with van der Waals surface area (Å²) in [6, 6.07) is 0. The third kappa shape index (κ3) is 3.55. The predicted octanol–water partition coefficient (Wildman–Crippen LogP) is 2.21. The monoisotopic (exact) mass is 174 g/mol. The fraction of sp³-hybridized carbons (Fsp3) is 1.00.